The Morgan fingerprint density at radius 3 is 2.16 bits per heavy atom. The van der Waals surface area contributed by atoms with E-state index >= 15 is 0 Å². The van der Waals surface area contributed by atoms with Crippen LogP contribution in [-0.4, -0.2) is 0 Å². The van der Waals surface area contributed by atoms with Crippen molar-refractivity contribution in [3.05, 3.63) is 59.2 Å². The second-order valence-corrected chi connectivity index (χ2v) is 9.55. The number of rotatable bonds is 0. The minimum atomic E-state index is 0.334. The molecule has 0 nitrogen and oxygen atoms in total. The Balaban J connectivity index is 1.67. The molecule has 5 aliphatic carbocycles. The standard InChI is InChI=1S/C25H24/c1-14-7-18-6-5-17-3-2-4-21-23(17)24(18)22(8-14)25(21)19-10-15-9-16(12-19)13-20(25)11-15/h2-8,15-16,19-20H,9-13H2,1H3. The van der Waals surface area contributed by atoms with E-state index in [2.05, 4.69) is 49.4 Å². The van der Waals surface area contributed by atoms with Gasteiger partial charge >= 0.3 is 0 Å². The van der Waals surface area contributed by atoms with Crippen molar-refractivity contribution in [2.75, 3.05) is 0 Å². The Hall–Kier alpha value is -1.82. The number of aryl methyl sites for hydroxylation is 1. The van der Waals surface area contributed by atoms with Gasteiger partial charge in [0.25, 0.3) is 0 Å². The average Bonchev–Trinajstić information content (AvgIpc) is 2.89. The summed E-state index contributed by atoms with van der Waals surface area (Å²) in [4.78, 5) is 0. The van der Waals surface area contributed by atoms with E-state index in [1.807, 2.05) is 0 Å². The van der Waals surface area contributed by atoms with Gasteiger partial charge in [0.2, 0.25) is 0 Å². The molecular weight excluding hydrogens is 300 g/mol. The fourth-order valence-electron chi connectivity index (χ4n) is 8.02. The zero-order valence-corrected chi connectivity index (χ0v) is 14.9. The summed E-state index contributed by atoms with van der Waals surface area (Å²) in [7, 11) is 0. The van der Waals surface area contributed by atoms with E-state index in [0.29, 0.717) is 5.41 Å². The van der Waals surface area contributed by atoms with Crippen LogP contribution in [0.4, 0.5) is 0 Å². The number of hydrogen-bond acceptors (Lipinski definition) is 0. The summed E-state index contributed by atoms with van der Waals surface area (Å²) in [5.74, 6) is 3.81. The summed E-state index contributed by atoms with van der Waals surface area (Å²) < 4.78 is 0. The predicted molar refractivity (Wildman–Crippen MR) is 104 cm³/mol. The number of hydrogen-bond donors (Lipinski definition) is 0. The first-order valence-corrected chi connectivity index (χ1v) is 10.2. The van der Waals surface area contributed by atoms with Crippen LogP contribution in [-0.2, 0) is 5.41 Å². The third-order valence-electron chi connectivity index (χ3n) is 8.42. The van der Waals surface area contributed by atoms with Gasteiger partial charge in [0.05, 0.1) is 0 Å². The molecule has 0 aliphatic heterocycles. The molecule has 0 saturated heterocycles. The van der Waals surface area contributed by atoms with Crippen LogP contribution >= 0.6 is 0 Å². The lowest BCUT2D eigenvalue weighted by atomic mass is 9.43. The molecule has 0 heterocycles. The van der Waals surface area contributed by atoms with E-state index in [1.54, 1.807) is 21.9 Å². The third-order valence-corrected chi connectivity index (χ3v) is 8.42. The van der Waals surface area contributed by atoms with Gasteiger partial charge in [0.1, 0.15) is 0 Å². The van der Waals surface area contributed by atoms with Crippen molar-refractivity contribution in [1.82, 2.24) is 0 Å². The Kier molecular flexibility index (Phi) is 2.20. The quantitative estimate of drug-likeness (QED) is 0.422. The summed E-state index contributed by atoms with van der Waals surface area (Å²) >= 11 is 0. The maximum atomic E-state index is 2.57. The second-order valence-electron chi connectivity index (χ2n) is 9.55. The van der Waals surface area contributed by atoms with Gasteiger partial charge in [-0.3, -0.25) is 0 Å². The van der Waals surface area contributed by atoms with Gasteiger partial charge in [-0.1, -0.05) is 48.0 Å². The highest BCUT2D eigenvalue weighted by Gasteiger charge is 2.60. The largest absolute Gasteiger partial charge is 0.0613 e. The SMILES string of the molecule is Cc1cc2c3c(ccc4cccc(c43)C23C2CC4CC(C2)CC3C4)c1. The van der Waals surface area contributed by atoms with E-state index in [9.17, 15) is 0 Å². The molecule has 1 spiro atoms. The van der Waals surface area contributed by atoms with Gasteiger partial charge < -0.3 is 0 Å². The molecule has 0 amide bonds. The third kappa shape index (κ3) is 1.37. The van der Waals surface area contributed by atoms with Crippen molar-refractivity contribution in [3.8, 4) is 0 Å². The first kappa shape index (κ1) is 13.4. The lowest BCUT2D eigenvalue weighted by Crippen LogP contribution is -2.55. The van der Waals surface area contributed by atoms with Crippen LogP contribution in [0.1, 0.15) is 48.8 Å². The van der Waals surface area contributed by atoms with Gasteiger partial charge in [0, 0.05) is 5.41 Å². The van der Waals surface area contributed by atoms with E-state index in [4.69, 9.17) is 0 Å². The van der Waals surface area contributed by atoms with Crippen LogP contribution in [0.5, 0.6) is 0 Å². The minimum absolute atomic E-state index is 0.334. The Morgan fingerprint density at radius 1 is 0.720 bits per heavy atom. The molecule has 0 heteroatoms. The van der Waals surface area contributed by atoms with E-state index in [1.165, 1.54) is 48.4 Å². The summed E-state index contributed by atoms with van der Waals surface area (Å²) in [6.45, 7) is 2.30. The van der Waals surface area contributed by atoms with Crippen molar-refractivity contribution in [1.29, 1.82) is 0 Å². The molecular formula is C25H24. The maximum Gasteiger partial charge on any atom is 0.0272 e. The fraction of sp³-hybridized carbons (Fsp3) is 0.440. The van der Waals surface area contributed by atoms with Gasteiger partial charge in [-0.25, -0.2) is 0 Å². The van der Waals surface area contributed by atoms with Crippen LogP contribution < -0.4 is 0 Å². The first-order chi connectivity index (χ1) is 12.2. The van der Waals surface area contributed by atoms with Crippen LogP contribution in [0.15, 0.2) is 42.5 Å². The highest BCUT2D eigenvalue weighted by molar-refractivity contribution is 6.15. The van der Waals surface area contributed by atoms with Gasteiger partial charge in [-0.2, -0.15) is 0 Å². The Morgan fingerprint density at radius 2 is 1.40 bits per heavy atom. The van der Waals surface area contributed by atoms with Gasteiger partial charge in [-0.15, -0.1) is 0 Å². The average molecular weight is 324 g/mol. The normalized spacial score (nSPS) is 37.2. The van der Waals surface area contributed by atoms with Gasteiger partial charge in [-0.05, 0) is 95.4 Å². The molecule has 8 rings (SSSR count). The van der Waals surface area contributed by atoms with Crippen LogP contribution in [0.3, 0.4) is 0 Å². The molecule has 4 saturated carbocycles. The smallest absolute Gasteiger partial charge is 0.0272 e. The Labute approximate surface area is 149 Å². The lowest BCUT2D eigenvalue weighted by Gasteiger charge is -2.61. The number of benzene rings is 3. The Bertz CT molecular complexity index is 1040. The van der Waals surface area contributed by atoms with Crippen molar-refractivity contribution in [2.45, 2.75) is 44.4 Å². The molecule has 0 N–H and O–H groups in total. The topological polar surface area (TPSA) is 0 Å². The van der Waals surface area contributed by atoms with E-state index in [-0.39, 0.29) is 0 Å². The molecule has 0 radical (unpaired) electrons. The molecule has 0 aromatic heterocycles. The summed E-state index contributed by atoms with van der Waals surface area (Å²) in [5, 5.41) is 6.13. The second kappa shape index (κ2) is 4.11. The molecule has 3 aromatic carbocycles. The fourth-order valence-corrected chi connectivity index (χ4v) is 8.02. The van der Waals surface area contributed by atoms with Crippen LogP contribution in [0.25, 0.3) is 21.5 Å². The molecule has 25 heavy (non-hydrogen) atoms. The van der Waals surface area contributed by atoms with E-state index in [0.717, 1.165) is 23.7 Å². The molecule has 5 aliphatic rings. The molecule has 3 aromatic rings. The van der Waals surface area contributed by atoms with Crippen molar-refractivity contribution in [3.63, 3.8) is 0 Å². The van der Waals surface area contributed by atoms with Crippen molar-refractivity contribution >= 4 is 21.5 Å². The minimum Gasteiger partial charge on any atom is -0.0613 e. The van der Waals surface area contributed by atoms with Crippen molar-refractivity contribution < 1.29 is 0 Å². The maximum absolute atomic E-state index is 2.57. The molecule has 0 unspecified atom stereocenters. The molecule has 4 fully saturated rings. The summed E-state index contributed by atoms with van der Waals surface area (Å²) in [6, 6.07) is 16.9. The van der Waals surface area contributed by atoms with Gasteiger partial charge in [0.15, 0.2) is 0 Å². The van der Waals surface area contributed by atoms with E-state index < -0.39 is 0 Å². The van der Waals surface area contributed by atoms with Crippen molar-refractivity contribution in [2.24, 2.45) is 23.7 Å². The molecule has 124 valence electrons. The molecule has 0 atom stereocenters. The highest BCUT2D eigenvalue weighted by Crippen LogP contribution is 2.68. The highest BCUT2D eigenvalue weighted by atomic mass is 14.6. The zero-order valence-electron chi connectivity index (χ0n) is 14.9. The zero-order chi connectivity index (χ0) is 16.3. The van der Waals surface area contributed by atoms with Crippen LogP contribution in [0.2, 0.25) is 0 Å². The monoisotopic (exact) mass is 324 g/mol. The predicted octanol–water partition coefficient (Wildman–Crippen LogP) is 6.36. The molecule has 4 bridgehead atoms. The first-order valence-electron chi connectivity index (χ1n) is 10.2. The lowest BCUT2D eigenvalue weighted by molar-refractivity contribution is -0.0397. The van der Waals surface area contributed by atoms with Crippen LogP contribution in [0, 0.1) is 30.6 Å². The summed E-state index contributed by atoms with van der Waals surface area (Å²) in [6.07, 6.45) is 7.45. The summed E-state index contributed by atoms with van der Waals surface area (Å²) in [5.41, 5.74) is 5.19.